The van der Waals surface area contributed by atoms with Crippen LogP contribution in [0.2, 0.25) is 0 Å². The first-order valence-electron chi connectivity index (χ1n) is 4.60. The molecule has 2 amide bonds. The van der Waals surface area contributed by atoms with Crippen LogP contribution in [0.3, 0.4) is 0 Å². The molecule has 0 aromatic carbocycles. The number of amides is 2. The number of nitrogens with two attached hydrogens (primary N) is 1. The van der Waals surface area contributed by atoms with E-state index >= 15 is 0 Å². The fourth-order valence-electron chi connectivity index (χ4n) is 1.09. The van der Waals surface area contributed by atoms with Crippen molar-refractivity contribution in [1.82, 2.24) is 9.88 Å². The summed E-state index contributed by atoms with van der Waals surface area (Å²) in [5.41, 5.74) is 5.13. The lowest BCUT2D eigenvalue weighted by Crippen LogP contribution is -2.30. The van der Waals surface area contributed by atoms with Crippen LogP contribution in [-0.2, 0) is 0 Å². The highest BCUT2D eigenvalue weighted by atomic mass is 16.3. The molecule has 0 aliphatic heterocycles. The van der Waals surface area contributed by atoms with Gasteiger partial charge in [0.25, 0.3) is 11.8 Å². The molecule has 1 rings (SSSR count). The van der Waals surface area contributed by atoms with Gasteiger partial charge >= 0.3 is 0 Å². The maximum Gasteiger partial charge on any atom is 0.267 e. The molecular formula is C10H12N3O3. The summed E-state index contributed by atoms with van der Waals surface area (Å²) >= 11 is 0. The van der Waals surface area contributed by atoms with Crippen molar-refractivity contribution in [2.24, 2.45) is 5.73 Å². The number of nitrogens with zero attached hydrogens (tertiary/aromatic N) is 2. The fourth-order valence-corrected chi connectivity index (χ4v) is 1.09. The molecule has 1 aromatic rings. The molecule has 0 unspecified atom stereocenters. The zero-order valence-electron chi connectivity index (χ0n) is 8.80. The number of carbonyl (C=O) groups excluding carboxylic acids is 2. The molecule has 0 aliphatic carbocycles. The first-order valence-corrected chi connectivity index (χ1v) is 4.60. The average Bonchev–Trinajstić information content (AvgIpc) is 2.28. The van der Waals surface area contributed by atoms with Gasteiger partial charge in [0.15, 0.2) is 0 Å². The minimum Gasteiger partial charge on any atom is -0.395 e. The molecular weight excluding hydrogens is 210 g/mol. The van der Waals surface area contributed by atoms with Gasteiger partial charge in [0.1, 0.15) is 5.69 Å². The van der Waals surface area contributed by atoms with Gasteiger partial charge in [-0.25, -0.2) is 0 Å². The van der Waals surface area contributed by atoms with E-state index in [2.05, 4.69) is 11.1 Å². The third kappa shape index (κ3) is 2.77. The molecule has 3 N–H and O–H groups in total. The van der Waals surface area contributed by atoms with Gasteiger partial charge in [-0.05, 0) is 6.07 Å². The zero-order chi connectivity index (χ0) is 12.1. The van der Waals surface area contributed by atoms with Crippen LogP contribution >= 0.6 is 0 Å². The first-order chi connectivity index (χ1) is 7.56. The Balaban J connectivity index is 2.91. The van der Waals surface area contributed by atoms with Crippen LogP contribution in [0.25, 0.3) is 0 Å². The normalized spacial score (nSPS) is 9.88. The summed E-state index contributed by atoms with van der Waals surface area (Å²) in [4.78, 5) is 27.5. The van der Waals surface area contributed by atoms with Gasteiger partial charge < -0.3 is 15.7 Å². The molecule has 1 radical (unpaired) electrons. The van der Waals surface area contributed by atoms with Crippen molar-refractivity contribution >= 4 is 11.8 Å². The van der Waals surface area contributed by atoms with Crippen LogP contribution in [0, 0.1) is 6.07 Å². The van der Waals surface area contributed by atoms with Crippen LogP contribution in [0.1, 0.15) is 20.8 Å². The van der Waals surface area contributed by atoms with E-state index in [9.17, 15) is 9.59 Å². The van der Waals surface area contributed by atoms with E-state index in [-0.39, 0.29) is 30.3 Å². The monoisotopic (exact) mass is 222 g/mol. The molecule has 16 heavy (non-hydrogen) atoms. The van der Waals surface area contributed by atoms with E-state index in [1.54, 1.807) is 0 Å². The second-order valence-corrected chi connectivity index (χ2v) is 3.15. The van der Waals surface area contributed by atoms with E-state index in [1.807, 2.05) is 0 Å². The quantitative estimate of drug-likeness (QED) is 0.686. The predicted molar refractivity (Wildman–Crippen MR) is 55.6 cm³/mol. The zero-order valence-corrected chi connectivity index (χ0v) is 8.80. The number of aromatic nitrogens is 1. The van der Waals surface area contributed by atoms with Gasteiger partial charge in [0, 0.05) is 25.9 Å². The summed E-state index contributed by atoms with van der Waals surface area (Å²) in [6.45, 7) is 0.0803. The minimum atomic E-state index is -0.737. The molecule has 6 heteroatoms. The van der Waals surface area contributed by atoms with Crippen molar-refractivity contribution in [2.45, 2.75) is 0 Å². The number of aliphatic hydroxyl groups excluding tert-OH is 1. The average molecular weight is 222 g/mol. The molecule has 6 nitrogen and oxygen atoms in total. The van der Waals surface area contributed by atoms with Crippen molar-refractivity contribution in [3.63, 3.8) is 0 Å². The van der Waals surface area contributed by atoms with Gasteiger partial charge in [-0.1, -0.05) is 0 Å². The Bertz CT molecular complexity index is 406. The summed E-state index contributed by atoms with van der Waals surface area (Å²) in [6, 6.07) is 3.96. The lowest BCUT2D eigenvalue weighted by molar-refractivity contribution is 0.0766. The van der Waals surface area contributed by atoms with Gasteiger partial charge in [-0.2, -0.15) is 0 Å². The Kier molecular flexibility index (Phi) is 3.96. The highest BCUT2D eigenvalue weighted by Gasteiger charge is 2.13. The number of likely N-dealkylation sites (N-methyl/N-ethyl adjacent to an activating group) is 1. The molecule has 0 fully saturated rings. The molecule has 85 valence electrons. The lowest BCUT2D eigenvalue weighted by Gasteiger charge is -2.15. The first kappa shape index (κ1) is 12.1. The lowest BCUT2D eigenvalue weighted by atomic mass is 10.2. The molecule has 0 atom stereocenters. The maximum absolute atomic E-state index is 11.7. The van der Waals surface area contributed by atoms with Crippen molar-refractivity contribution in [2.75, 3.05) is 20.2 Å². The summed E-state index contributed by atoms with van der Waals surface area (Å²) < 4.78 is 0. The van der Waals surface area contributed by atoms with Crippen LogP contribution < -0.4 is 5.73 Å². The van der Waals surface area contributed by atoms with Crippen molar-refractivity contribution < 1.29 is 14.7 Å². The van der Waals surface area contributed by atoms with Crippen LogP contribution in [0.4, 0.5) is 0 Å². The Morgan fingerprint density at radius 1 is 1.62 bits per heavy atom. The number of hydrogen-bond donors (Lipinski definition) is 2. The van der Waals surface area contributed by atoms with Crippen LogP contribution in [-0.4, -0.2) is 47.0 Å². The summed E-state index contributed by atoms with van der Waals surface area (Å²) in [6.07, 6.45) is 1.32. The number of carbonyl (C=O) groups is 2. The van der Waals surface area contributed by atoms with Gasteiger partial charge in [0.2, 0.25) is 0 Å². The number of rotatable bonds is 4. The Morgan fingerprint density at radius 2 is 2.31 bits per heavy atom. The Morgan fingerprint density at radius 3 is 2.88 bits per heavy atom. The number of aliphatic hydroxyl groups is 1. The standard InChI is InChI=1S/C10H12N3O3/c1-13(4-5-14)10(16)7-2-3-12-8(6-7)9(11)15/h2-3,14H,4-5H2,1H3,(H2,11,15). The Hall–Kier alpha value is -1.95. The Labute approximate surface area is 92.7 Å². The van der Waals surface area contributed by atoms with Crippen molar-refractivity contribution in [1.29, 1.82) is 0 Å². The maximum atomic E-state index is 11.7. The summed E-state index contributed by atoms with van der Waals surface area (Å²) in [5, 5.41) is 8.68. The van der Waals surface area contributed by atoms with E-state index in [1.165, 1.54) is 24.2 Å². The molecule has 1 aromatic heterocycles. The minimum absolute atomic E-state index is 0.0803. The predicted octanol–water partition coefficient (Wildman–Crippen LogP) is -0.955. The highest BCUT2D eigenvalue weighted by molar-refractivity contribution is 5.97. The fraction of sp³-hybridized carbons (Fsp3) is 0.300. The van der Waals surface area contributed by atoms with Gasteiger partial charge in [-0.15, -0.1) is 0 Å². The van der Waals surface area contributed by atoms with E-state index in [4.69, 9.17) is 10.8 Å². The van der Waals surface area contributed by atoms with Crippen molar-refractivity contribution in [3.05, 3.63) is 29.6 Å². The molecule has 0 saturated heterocycles. The second kappa shape index (κ2) is 5.22. The third-order valence-electron chi connectivity index (χ3n) is 1.94. The molecule has 0 bridgehead atoms. The highest BCUT2D eigenvalue weighted by Crippen LogP contribution is 2.03. The molecule has 0 saturated carbocycles. The summed E-state index contributed by atoms with van der Waals surface area (Å²) in [7, 11) is 1.54. The number of primary amides is 1. The van der Waals surface area contributed by atoms with Crippen LogP contribution in [0.5, 0.6) is 0 Å². The molecule has 1 heterocycles. The van der Waals surface area contributed by atoms with E-state index in [0.717, 1.165) is 0 Å². The molecule has 0 aliphatic rings. The molecule has 0 spiro atoms. The number of pyridine rings is 1. The largest absolute Gasteiger partial charge is 0.395 e. The van der Waals surface area contributed by atoms with Crippen molar-refractivity contribution in [3.8, 4) is 0 Å². The van der Waals surface area contributed by atoms with E-state index in [0.29, 0.717) is 0 Å². The smallest absolute Gasteiger partial charge is 0.267 e. The number of hydrogen-bond acceptors (Lipinski definition) is 4. The van der Waals surface area contributed by atoms with Gasteiger partial charge in [0.05, 0.1) is 12.2 Å². The topological polar surface area (TPSA) is 96.5 Å². The third-order valence-corrected chi connectivity index (χ3v) is 1.94. The van der Waals surface area contributed by atoms with Crippen LogP contribution in [0.15, 0.2) is 12.3 Å². The van der Waals surface area contributed by atoms with Gasteiger partial charge in [-0.3, -0.25) is 14.6 Å². The van der Waals surface area contributed by atoms with E-state index < -0.39 is 5.91 Å². The SMILES string of the molecule is CN(CCO)C(=O)c1[c]c(C(N)=O)ncc1. The second-order valence-electron chi connectivity index (χ2n) is 3.15. The summed E-state index contributed by atoms with van der Waals surface area (Å²) in [5.74, 6) is -1.08.